The van der Waals surface area contributed by atoms with Crippen molar-refractivity contribution in [1.82, 2.24) is 4.98 Å². The molecule has 0 amide bonds. The predicted molar refractivity (Wildman–Crippen MR) is 19.3 cm³/mol. The smallest absolute Gasteiger partial charge is 0.417 e. The molecule has 1 aromatic rings. The van der Waals surface area contributed by atoms with Gasteiger partial charge in [0.1, 0.15) is 6.26 Å². The minimum atomic E-state index is -0.407. The second-order valence-corrected chi connectivity index (χ2v) is 0.852. The van der Waals surface area contributed by atoms with Crippen LogP contribution in [0.2, 0.25) is 0 Å². The summed E-state index contributed by atoms with van der Waals surface area (Å²) in [5.41, 5.74) is 0. The first-order valence-corrected chi connectivity index (χ1v) is 1.52. The monoisotopic (exact) mass is 148 g/mol. The fourth-order valence-corrected chi connectivity index (χ4v) is 0.232. The molecule has 7 heavy (non-hydrogen) atoms. The van der Waals surface area contributed by atoms with Crippen LogP contribution in [-0.2, 0) is 17.1 Å². The van der Waals surface area contributed by atoms with Crippen molar-refractivity contribution in [3.8, 4) is 0 Å². The topological polar surface area (TPSA) is 46.0 Å². The van der Waals surface area contributed by atoms with Gasteiger partial charge in [0.25, 0.3) is 0 Å². The summed E-state index contributed by atoms with van der Waals surface area (Å²) in [5, 5.41) is 0. The molecule has 0 aliphatic heterocycles. The molecule has 0 atom stereocenters. The van der Waals surface area contributed by atoms with E-state index >= 15 is 0 Å². The van der Waals surface area contributed by atoms with E-state index < -0.39 is 5.76 Å². The Hall–Kier alpha value is -0.471. The van der Waals surface area contributed by atoms with Crippen LogP contribution in [0.25, 0.3) is 0 Å². The summed E-state index contributed by atoms with van der Waals surface area (Å²) in [5.74, 6) is -0.407. The molecular formula is C3H3CuNO2+. The van der Waals surface area contributed by atoms with Crippen molar-refractivity contribution in [2.75, 3.05) is 0 Å². The van der Waals surface area contributed by atoms with Crippen LogP contribution in [0.3, 0.4) is 0 Å². The summed E-state index contributed by atoms with van der Waals surface area (Å²) in [4.78, 5) is 12.1. The van der Waals surface area contributed by atoms with Crippen LogP contribution in [0.4, 0.5) is 0 Å². The SMILES string of the molecule is O=c1[nH]cco1.[Cu+]. The Morgan fingerprint density at radius 1 is 1.71 bits per heavy atom. The summed E-state index contributed by atoms with van der Waals surface area (Å²) in [6.07, 6.45) is 2.73. The van der Waals surface area contributed by atoms with Gasteiger partial charge in [0.05, 0.1) is 0 Å². The van der Waals surface area contributed by atoms with Gasteiger partial charge < -0.3 is 4.42 Å². The van der Waals surface area contributed by atoms with Gasteiger partial charge in [0.15, 0.2) is 0 Å². The second-order valence-electron chi connectivity index (χ2n) is 0.852. The van der Waals surface area contributed by atoms with Crippen molar-refractivity contribution in [3.63, 3.8) is 0 Å². The fourth-order valence-electron chi connectivity index (χ4n) is 0.232. The molecule has 0 spiro atoms. The molecule has 0 bridgehead atoms. The van der Waals surface area contributed by atoms with Gasteiger partial charge in [-0.05, 0) is 0 Å². The predicted octanol–water partition coefficient (Wildman–Crippen LogP) is -0.0346. The number of rotatable bonds is 0. The molecule has 0 radical (unpaired) electrons. The number of aromatic nitrogens is 1. The van der Waals surface area contributed by atoms with Gasteiger partial charge >= 0.3 is 22.8 Å². The van der Waals surface area contributed by atoms with E-state index in [1.165, 1.54) is 12.5 Å². The Kier molecular flexibility index (Phi) is 2.48. The second kappa shape index (κ2) is 2.66. The van der Waals surface area contributed by atoms with Crippen molar-refractivity contribution >= 4 is 0 Å². The zero-order chi connectivity index (χ0) is 4.41. The fraction of sp³-hybridized carbons (Fsp3) is 0. The Bertz CT molecular complexity index is 151. The molecule has 4 heteroatoms. The summed E-state index contributed by atoms with van der Waals surface area (Å²) < 4.78 is 4.22. The quantitative estimate of drug-likeness (QED) is 0.525. The third-order valence-electron chi connectivity index (χ3n) is 0.444. The Balaban J connectivity index is 0.000000360. The molecule has 3 nitrogen and oxygen atoms in total. The first kappa shape index (κ1) is 6.53. The minimum absolute atomic E-state index is 0. The van der Waals surface area contributed by atoms with E-state index in [0.29, 0.717) is 0 Å². The van der Waals surface area contributed by atoms with Gasteiger partial charge in [0, 0.05) is 6.20 Å². The van der Waals surface area contributed by atoms with E-state index in [4.69, 9.17) is 0 Å². The molecule has 0 fully saturated rings. The van der Waals surface area contributed by atoms with E-state index in [-0.39, 0.29) is 17.1 Å². The van der Waals surface area contributed by atoms with Crippen LogP contribution >= 0.6 is 0 Å². The number of nitrogens with one attached hydrogen (secondary N) is 1. The molecule has 0 saturated carbocycles. The van der Waals surface area contributed by atoms with Crippen molar-refractivity contribution in [1.29, 1.82) is 0 Å². The average molecular weight is 149 g/mol. The first-order chi connectivity index (χ1) is 2.89. The Labute approximate surface area is 50.2 Å². The van der Waals surface area contributed by atoms with Crippen LogP contribution in [0.1, 0.15) is 0 Å². The molecule has 42 valence electrons. The number of aromatic amines is 1. The van der Waals surface area contributed by atoms with E-state index in [9.17, 15) is 4.79 Å². The number of hydrogen-bond acceptors (Lipinski definition) is 2. The third kappa shape index (κ3) is 1.62. The van der Waals surface area contributed by atoms with E-state index in [0.717, 1.165) is 0 Å². The first-order valence-electron chi connectivity index (χ1n) is 1.52. The maximum Gasteiger partial charge on any atom is 1.00 e. The molecule has 1 heterocycles. The maximum absolute atomic E-state index is 9.85. The average Bonchev–Trinajstić information content (AvgIpc) is 1.86. The Morgan fingerprint density at radius 3 is 2.57 bits per heavy atom. The molecule has 0 aromatic carbocycles. The number of H-pyrrole nitrogens is 1. The molecule has 0 aliphatic carbocycles. The molecule has 1 rings (SSSR count). The molecule has 0 unspecified atom stereocenters. The maximum atomic E-state index is 9.85. The van der Waals surface area contributed by atoms with Crippen molar-refractivity contribution in [2.24, 2.45) is 0 Å². The third-order valence-corrected chi connectivity index (χ3v) is 0.444. The summed E-state index contributed by atoms with van der Waals surface area (Å²) in [6.45, 7) is 0. The van der Waals surface area contributed by atoms with Crippen LogP contribution in [0.5, 0.6) is 0 Å². The normalized spacial score (nSPS) is 7.43. The minimum Gasteiger partial charge on any atom is -0.417 e. The van der Waals surface area contributed by atoms with Gasteiger partial charge in [-0.1, -0.05) is 0 Å². The number of oxazole rings is 1. The van der Waals surface area contributed by atoms with Crippen LogP contribution in [0, 0.1) is 0 Å². The zero-order valence-corrected chi connectivity index (χ0v) is 4.21. The molecule has 1 aromatic heterocycles. The summed E-state index contributed by atoms with van der Waals surface area (Å²) in [7, 11) is 0. The zero-order valence-electron chi connectivity index (χ0n) is 3.27. The largest absolute Gasteiger partial charge is 1.00 e. The summed E-state index contributed by atoms with van der Waals surface area (Å²) in [6, 6.07) is 0. The molecule has 1 N–H and O–H groups in total. The van der Waals surface area contributed by atoms with Crippen molar-refractivity contribution in [2.45, 2.75) is 0 Å². The van der Waals surface area contributed by atoms with Gasteiger partial charge in [-0.25, -0.2) is 4.79 Å². The Morgan fingerprint density at radius 2 is 2.43 bits per heavy atom. The molecule has 0 saturated heterocycles. The van der Waals surface area contributed by atoms with E-state index in [1.807, 2.05) is 0 Å². The molecular weight excluding hydrogens is 146 g/mol. The van der Waals surface area contributed by atoms with Gasteiger partial charge in [0.2, 0.25) is 0 Å². The van der Waals surface area contributed by atoms with Gasteiger partial charge in [-0.3, -0.25) is 4.98 Å². The standard InChI is InChI=1S/C3H3NO2.Cu/c5-3-4-1-2-6-3;/h1-2H,(H,4,5);/q;+1. The summed E-state index contributed by atoms with van der Waals surface area (Å²) >= 11 is 0. The van der Waals surface area contributed by atoms with Gasteiger partial charge in [-0.2, -0.15) is 0 Å². The van der Waals surface area contributed by atoms with Crippen molar-refractivity contribution < 1.29 is 21.5 Å². The van der Waals surface area contributed by atoms with E-state index in [2.05, 4.69) is 9.40 Å². The van der Waals surface area contributed by atoms with Crippen LogP contribution < -0.4 is 5.76 Å². The van der Waals surface area contributed by atoms with E-state index in [1.54, 1.807) is 0 Å². The number of hydrogen-bond donors (Lipinski definition) is 1. The molecule has 0 aliphatic rings. The van der Waals surface area contributed by atoms with Crippen LogP contribution in [0.15, 0.2) is 21.7 Å². The van der Waals surface area contributed by atoms with Crippen molar-refractivity contribution in [3.05, 3.63) is 23.0 Å². The van der Waals surface area contributed by atoms with Gasteiger partial charge in [-0.15, -0.1) is 0 Å². The van der Waals surface area contributed by atoms with Crippen LogP contribution in [-0.4, -0.2) is 4.98 Å².